The Kier molecular flexibility index (Phi) is 2.97. The Labute approximate surface area is 97.7 Å². The number of nitrogens with zero attached hydrogens (tertiary/aromatic N) is 2. The molecule has 0 bridgehead atoms. The molecule has 0 amide bonds. The van der Waals surface area contributed by atoms with Crippen LogP contribution >= 0.6 is 0 Å². The monoisotopic (exact) mass is 235 g/mol. The fraction of sp³-hybridized carbons (Fsp3) is 0.273. The van der Waals surface area contributed by atoms with Gasteiger partial charge in [0.05, 0.1) is 6.04 Å². The third-order valence-electron chi connectivity index (χ3n) is 2.43. The Morgan fingerprint density at radius 2 is 2.12 bits per heavy atom. The lowest BCUT2D eigenvalue weighted by molar-refractivity contribution is 0.352. The van der Waals surface area contributed by atoms with Crippen LogP contribution in [0.15, 0.2) is 22.7 Å². The molecule has 2 rings (SSSR count). The topological polar surface area (TPSA) is 105 Å². The van der Waals surface area contributed by atoms with Gasteiger partial charge in [-0.05, 0) is 24.6 Å². The Balaban J connectivity index is 2.33. The van der Waals surface area contributed by atoms with Crippen LogP contribution in [0.3, 0.4) is 0 Å². The Hall–Kier alpha value is -2.08. The predicted octanol–water partition coefficient (Wildman–Crippen LogP) is 1.56. The number of benzene rings is 1. The second-order valence-corrected chi connectivity index (χ2v) is 3.67. The van der Waals surface area contributed by atoms with Crippen LogP contribution in [0.5, 0.6) is 11.5 Å². The van der Waals surface area contributed by atoms with Crippen LogP contribution in [-0.2, 0) is 0 Å². The van der Waals surface area contributed by atoms with Crippen LogP contribution in [0, 0.1) is 0 Å². The molecule has 1 aromatic carbocycles. The van der Waals surface area contributed by atoms with Crippen molar-refractivity contribution in [3.05, 3.63) is 24.1 Å². The molecule has 90 valence electrons. The van der Waals surface area contributed by atoms with Gasteiger partial charge in [-0.1, -0.05) is 12.1 Å². The average molecular weight is 235 g/mol. The van der Waals surface area contributed by atoms with E-state index in [1.807, 2.05) is 6.92 Å². The van der Waals surface area contributed by atoms with Gasteiger partial charge in [0.1, 0.15) is 0 Å². The molecule has 0 aliphatic rings. The summed E-state index contributed by atoms with van der Waals surface area (Å²) >= 11 is 0. The fourth-order valence-electron chi connectivity index (χ4n) is 1.34. The molecule has 4 N–H and O–H groups in total. The molecule has 0 unspecified atom stereocenters. The summed E-state index contributed by atoms with van der Waals surface area (Å²) in [5.41, 5.74) is 6.31. The molecule has 0 aliphatic carbocycles. The van der Waals surface area contributed by atoms with Crippen molar-refractivity contribution in [2.45, 2.75) is 19.4 Å². The first-order valence-corrected chi connectivity index (χ1v) is 5.23. The number of hydrogen-bond acceptors (Lipinski definition) is 6. The second kappa shape index (κ2) is 4.42. The maximum Gasteiger partial charge on any atom is 0.243 e. The predicted molar refractivity (Wildman–Crippen MR) is 60.3 cm³/mol. The zero-order valence-corrected chi connectivity index (χ0v) is 9.29. The molecule has 0 aliphatic heterocycles. The molecule has 0 fully saturated rings. The van der Waals surface area contributed by atoms with E-state index in [1.165, 1.54) is 12.1 Å². The Bertz CT molecular complexity index is 524. The highest BCUT2D eigenvalue weighted by Gasteiger charge is 2.14. The minimum atomic E-state index is -0.290. The quantitative estimate of drug-likeness (QED) is 0.697. The van der Waals surface area contributed by atoms with Gasteiger partial charge in [0.25, 0.3) is 0 Å². The van der Waals surface area contributed by atoms with Crippen LogP contribution < -0.4 is 5.73 Å². The van der Waals surface area contributed by atoms with Crippen molar-refractivity contribution in [1.29, 1.82) is 0 Å². The summed E-state index contributed by atoms with van der Waals surface area (Å²) in [7, 11) is 0. The van der Waals surface area contributed by atoms with Gasteiger partial charge in [0, 0.05) is 5.56 Å². The summed E-state index contributed by atoms with van der Waals surface area (Å²) in [4.78, 5) is 4.13. The van der Waals surface area contributed by atoms with Crippen LogP contribution in [0.25, 0.3) is 11.4 Å². The Morgan fingerprint density at radius 3 is 2.76 bits per heavy atom. The summed E-state index contributed by atoms with van der Waals surface area (Å²) < 4.78 is 5.01. The number of hydrogen-bond donors (Lipinski definition) is 3. The standard InChI is InChI=1S/C11H13N3O3/c1-2-7(12)11-13-10(14-17-11)6-3-4-8(15)9(16)5-6/h3-5,7,15-16H,2,12H2,1H3/t7-/m0/s1. The molecule has 0 saturated heterocycles. The van der Waals surface area contributed by atoms with Gasteiger partial charge in [-0.2, -0.15) is 4.98 Å². The molecule has 1 heterocycles. The highest BCUT2D eigenvalue weighted by atomic mass is 16.5. The van der Waals surface area contributed by atoms with E-state index in [4.69, 9.17) is 10.3 Å². The lowest BCUT2D eigenvalue weighted by Crippen LogP contribution is -2.08. The zero-order chi connectivity index (χ0) is 12.4. The summed E-state index contributed by atoms with van der Waals surface area (Å²) in [6.07, 6.45) is 0.697. The SMILES string of the molecule is CC[C@H](N)c1nc(-c2ccc(O)c(O)c2)no1. The Morgan fingerprint density at radius 1 is 1.35 bits per heavy atom. The van der Waals surface area contributed by atoms with Gasteiger partial charge in [-0.3, -0.25) is 0 Å². The van der Waals surface area contributed by atoms with Crippen molar-refractivity contribution in [1.82, 2.24) is 10.1 Å². The number of aromatic nitrogens is 2. The highest BCUT2D eigenvalue weighted by molar-refractivity contribution is 5.59. The molecule has 17 heavy (non-hydrogen) atoms. The first kappa shape index (κ1) is 11.4. The molecule has 6 nitrogen and oxygen atoms in total. The summed E-state index contributed by atoms with van der Waals surface area (Å²) in [5.74, 6) is 0.269. The normalized spacial score (nSPS) is 12.6. The van der Waals surface area contributed by atoms with Gasteiger partial charge in [0.15, 0.2) is 11.5 Å². The first-order chi connectivity index (χ1) is 8.11. The van der Waals surface area contributed by atoms with Gasteiger partial charge < -0.3 is 20.5 Å². The van der Waals surface area contributed by atoms with Crippen molar-refractivity contribution < 1.29 is 14.7 Å². The van der Waals surface area contributed by atoms with Crippen LogP contribution in [0.4, 0.5) is 0 Å². The molecule has 6 heteroatoms. The lowest BCUT2D eigenvalue weighted by Gasteiger charge is -2.00. The van der Waals surface area contributed by atoms with E-state index in [-0.39, 0.29) is 17.5 Å². The van der Waals surface area contributed by atoms with Gasteiger partial charge in [-0.25, -0.2) is 0 Å². The smallest absolute Gasteiger partial charge is 0.243 e. The van der Waals surface area contributed by atoms with E-state index in [0.717, 1.165) is 0 Å². The molecule has 1 atom stereocenters. The molecule has 1 aromatic heterocycles. The number of nitrogens with two attached hydrogens (primary N) is 1. The van der Waals surface area contributed by atoms with Crippen LogP contribution in [0.1, 0.15) is 25.3 Å². The lowest BCUT2D eigenvalue weighted by atomic mass is 10.2. The second-order valence-electron chi connectivity index (χ2n) is 3.67. The van der Waals surface area contributed by atoms with Gasteiger partial charge >= 0.3 is 0 Å². The van der Waals surface area contributed by atoms with E-state index in [0.29, 0.717) is 23.7 Å². The van der Waals surface area contributed by atoms with Gasteiger partial charge in [-0.15, -0.1) is 0 Å². The summed E-state index contributed by atoms with van der Waals surface area (Å²) in [5, 5.41) is 22.3. The van der Waals surface area contributed by atoms with E-state index < -0.39 is 0 Å². The van der Waals surface area contributed by atoms with Crippen molar-refractivity contribution in [2.75, 3.05) is 0 Å². The van der Waals surface area contributed by atoms with Crippen molar-refractivity contribution in [3.8, 4) is 22.9 Å². The largest absolute Gasteiger partial charge is 0.504 e. The molecule has 2 aromatic rings. The molecule has 0 saturated carbocycles. The maximum atomic E-state index is 9.36. The van der Waals surface area contributed by atoms with E-state index in [2.05, 4.69) is 10.1 Å². The molecular weight excluding hydrogens is 222 g/mol. The number of rotatable bonds is 3. The third-order valence-corrected chi connectivity index (χ3v) is 2.43. The van der Waals surface area contributed by atoms with E-state index in [9.17, 15) is 10.2 Å². The van der Waals surface area contributed by atoms with Gasteiger partial charge in [0.2, 0.25) is 11.7 Å². The number of phenols is 2. The minimum absolute atomic E-state index is 0.192. The van der Waals surface area contributed by atoms with Crippen LogP contribution in [0.2, 0.25) is 0 Å². The average Bonchev–Trinajstić information content (AvgIpc) is 2.81. The maximum absolute atomic E-state index is 9.36. The third kappa shape index (κ3) is 2.21. The fourth-order valence-corrected chi connectivity index (χ4v) is 1.34. The molecule has 0 radical (unpaired) electrons. The number of aromatic hydroxyl groups is 2. The summed E-state index contributed by atoms with van der Waals surface area (Å²) in [6, 6.07) is 4.02. The van der Waals surface area contributed by atoms with E-state index in [1.54, 1.807) is 6.07 Å². The van der Waals surface area contributed by atoms with Crippen LogP contribution in [-0.4, -0.2) is 20.4 Å². The minimum Gasteiger partial charge on any atom is -0.504 e. The van der Waals surface area contributed by atoms with E-state index >= 15 is 0 Å². The summed E-state index contributed by atoms with van der Waals surface area (Å²) in [6.45, 7) is 1.92. The molecule has 0 spiro atoms. The van der Waals surface area contributed by atoms with Crippen molar-refractivity contribution in [3.63, 3.8) is 0 Å². The van der Waals surface area contributed by atoms with Crippen molar-refractivity contribution >= 4 is 0 Å². The zero-order valence-electron chi connectivity index (χ0n) is 9.29. The number of phenolic OH excluding ortho intramolecular Hbond substituents is 2. The first-order valence-electron chi connectivity index (χ1n) is 5.23. The van der Waals surface area contributed by atoms with Crippen molar-refractivity contribution in [2.24, 2.45) is 5.73 Å². The molecular formula is C11H13N3O3. The highest BCUT2D eigenvalue weighted by Crippen LogP contribution is 2.29.